The zero-order chi connectivity index (χ0) is 21.8. The van der Waals surface area contributed by atoms with E-state index in [0.717, 1.165) is 23.7 Å². The van der Waals surface area contributed by atoms with Crippen LogP contribution < -0.4 is 0 Å². The van der Waals surface area contributed by atoms with Crippen molar-refractivity contribution in [2.45, 2.75) is 132 Å². The van der Waals surface area contributed by atoms with E-state index in [4.69, 9.17) is 0 Å². The second-order valence-electron chi connectivity index (χ2n) is 15.6. The molecule has 0 N–H and O–H groups in total. The van der Waals surface area contributed by atoms with E-state index < -0.39 is 0 Å². The first kappa shape index (κ1) is 21.8. The summed E-state index contributed by atoms with van der Waals surface area (Å²) < 4.78 is 0. The first-order valence-electron chi connectivity index (χ1n) is 13.8. The molecule has 5 aliphatic rings. The zero-order valence-electron chi connectivity index (χ0n) is 21.8. The predicted octanol–water partition coefficient (Wildman–Crippen LogP) is 9.28. The van der Waals surface area contributed by atoms with E-state index in [0.29, 0.717) is 32.5 Å². The fraction of sp³-hybridized carbons (Fsp3) is 1.00. The third kappa shape index (κ3) is 2.70. The molecule has 172 valence electrons. The lowest BCUT2D eigenvalue weighted by Gasteiger charge is -2.73. The lowest BCUT2D eigenvalue weighted by Crippen LogP contribution is -2.65. The van der Waals surface area contributed by atoms with Crippen molar-refractivity contribution in [1.82, 2.24) is 0 Å². The van der Waals surface area contributed by atoms with Crippen LogP contribution in [0.15, 0.2) is 0 Å². The second kappa shape index (κ2) is 6.32. The van der Waals surface area contributed by atoms with Crippen molar-refractivity contribution in [3.63, 3.8) is 0 Å². The zero-order valence-corrected chi connectivity index (χ0v) is 21.8. The second-order valence-corrected chi connectivity index (χ2v) is 15.6. The van der Waals surface area contributed by atoms with Crippen LogP contribution in [0.4, 0.5) is 0 Å². The molecule has 0 aromatic carbocycles. The van der Waals surface area contributed by atoms with Crippen molar-refractivity contribution in [2.24, 2.45) is 56.2 Å². The van der Waals surface area contributed by atoms with E-state index in [1.54, 1.807) is 0 Å². The molecule has 0 unspecified atom stereocenters. The van der Waals surface area contributed by atoms with Gasteiger partial charge in [-0.15, -0.1) is 0 Å². The Labute approximate surface area is 188 Å². The quantitative estimate of drug-likeness (QED) is 0.372. The van der Waals surface area contributed by atoms with E-state index in [9.17, 15) is 0 Å². The van der Waals surface area contributed by atoms with Gasteiger partial charge in [0, 0.05) is 0 Å². The number of hydrogen-bond acceptors (Lipinski definition) is 0. The van der Waals surface area contributed by atoms with Gasteiger partial charge in [-0.05, 0) is 127 Å². The van der Waals surface area contributed by atoms with Crippen LogP contribution in [-0.2, 0) is 0 Å². The summed E-state index contributed by atoms with van der Waals surface area (Å²) in [5.41, 5.74) is 3.49. The van der Waals surface area contributed by atoms with E-state index in [1.165, 1.54) is 77.0 Å². The Morgan fingerprint density at radius 2 is 1.23 bits per heavy atom. The highest BCUT2D eigenvalue weighted by Crippen LogP contribution is 2.76. The van der Waals surface area contributed by atoms with Crippen LogP contribution in [-0.4, -0.2) is 0 Å². The molecule has 0 spiro atoms. The van der Waals surface area contributed by atoms with Gasteiger partial charge in [0.2, 0.25) is 0 Å². The average Bonchev–Trinajstić information content (AvgIpc) is 2.63. The molecule has 0 bridgehead atoms. The Kier molecular flexibility index (Phi) is 4.59. The Morgan fingerprint density at radius 3 is 1.97 bits per heavy atom. The third-order valence-corrected chi connectivity index (χ3v) is 13.4. The minimum absolute atomic E-state index is 0.560. The topological polar surface area (TPSA) is 0 Å². The Hall–Kier alpha value is 0. The van der Waals surface area contributed by atoms with Crippen molar-refractivity contribution in [2.75, 3.05) is 0 Å². The SMILES string of the molecule is CC1(C)CC[C@]2(C)CC[C@]3(C)[C@@H](CC[C@@H]4[C@@]5(C)CCCC(C)(C)[C@H]5CC[C@]43C)[C@@H]2C1. The molecule has 0 aromatic heterocycles. The maximum Gasteiger partial charge on any atom is -0.0235 e. The van der Waals surface area contributed by atoms with Gasteiger partial charge in [-0.3, -0.25) is 0 Å². The molecule has 30 heavy (non-hydrogen) atoms. The molecule has 0 amide bonds. The van der Waals surface area contributed by atoms with Gasteiger partial charge in [0.25, 0.3) is 0 Å². The van der Waals surface area contributed by atoms with Crippen molar-refractivity contribution in [3.05, 3.63) is 0 Å². The van der Waals surface area contributed by atoms with Gasteiger partial charge in [-0.2, -0.15) is 0 Å². The van der Waals surface area contributed by atoms with Crippen LogP contribution in [0, 0.1) is 56.2 Å². The molecular weight excluding hydrogens is 360 g/mol. The molecule has 0 saturated heterocycles. The van der Waals surface area contributed by atoms with Crippen LogP contribution in [0.2, 0.25) is 0 Å². The van der Waals surface area contributed by atoms with Gasteiger partial charge in [0.05, 0.1) is 0 Å². The normalized spacial score (nSPS) is 56.8. The van der Waals surface area contributed by atoms with Crippen LogP contribution in [0.3, 0.4) is 0 Å². The lowest BCUT2D eigenvalue weighted by molar-refractivity contribution is -0.243. The van der Waals surface area contributed by atoms with E-state index in [-0.39, 0.29) is 0 Å². The molecule has 5 rings (SSSR count). The molecule has 5 fully saturated rings. The first-order valence-corrected chi connectivity index (χ1v) is 13.8. The van der Waals surface area contributed by atoms with Crippen LogP contribution in [0.25, 0.3) is 0 Å². The largest absolute Gasteiger partial charge is 0.0599 e. The average molecular weight is 413 g/mol. The molecule has 5 saturated carbocycles. The van der Waals surface area contributed by atoms with Crippen molar-refractivity contribution >= 4 is 0 Å². The van der Waals surface area contributed by atoms with Gasteiger partial charge >= 0.3 is 0 Å². The van der Waals surface area contributed by atoms with Crippen molar-refractivity contribution in [1.29, 1.82) is 0 Å². The monoisotopic (exact) mass is 412 g/mol. The van der Waals surface area contributed by atoms with Crippen LogP contribution >= 0.6 is 0 Å². The van der Waals surface area contributed by atoms with Crippen LogP contribution in [0.1, 0.15) is 132 Å². The standard InChI is InChI=1S/C30H52/c1-25(2)16-17-27(5)18-19-29(7)21(22(27)20-25)10-11-24-28(6)14-9-13-26(3,4)23(28)12-15-30(24,29)8/h21-24H,9-20H2,1-8H3/t21-,22-,23+,24+,27+,28-,29+,30+/m0/s1. The highest BCUT2D eigenvalue weighted by atomic mass is 14.7. The highest BCUT2D eigenvalue weighted by Gasteiger charge is 2.68. The molecule has 0 aromatic rings. The summed E-state index contributed by atoms with van der Waals surface area (Å²) in [6.45, 7) is 21.4. The molecular formula is C30H52. The fourth-order valence-corrected chi connectivity index (χ4v) is 11.4. The van der Waals surface area contributed by atoms with Crippen molar-refractivity contribution < 1.29 is 0 Å². The number of rotatable bonds is 0. The maximum absolute atomic E-state index is 2.81. The molecule has 0 nitrogen and oxygen atoms in total. The molecule has 8 atom stereocenters. The summed E-state index contributed by atoms with van der Waals surface area (Å²) in [4.78, 5) is 0. The van der Waals surface area contributed by atoms with Gasteiger partial charge in [0.1, 0.15) is 0 Å². The number of hydrogen-bond donors (Lipinski definition) is 0. The Morgan fingerprint density at radius 1 is 0.533 bits per heavy atom. The summed E-state index contributed by atoms with van der Waals surface area (Å²) in [6.07, 6.45) is 18.0. The summed E-state index contributed by atoms with van der Waals surface area (Å²) in [5, 5.41) is 0. The van der Waals surface area contributed by atoms with Gasteiger partial charge in [0.15, 0.2) is 0 Å². The van der Waals surface area contributed by atoms with Crippen LogP contribution in [0.5, 0.6) is 0 Å². The molecule has 0 radical (unpaired) electrons. The van der Waals surface area contributed by atoms with E-state index >= 15 is 0 Å². The van der Waals surface area contributed by atoms with Gasteiger partial charge in [-0.25, -0.2) is 0 Å². The summed E-state index contributed by atoms with van der Waals surface area (Å²) in [7, 11) is 0. The molecule has 5 aliphatic carbocycles. The third-order valence-electron chi connectivity index (χ3n) is 13.4. The summed E-state index contributed by atoms with van der Waals surface area (Å²) >= 11 is 0. The van der Waals surface area contributed by atoms with Gasteiger partial charge < -0.3 is 0 Å². The first-order chi connectivity index (χ1) is 13.8. The summed E-state index contributed by atoms with van der Waals surface area (Å²) in [6, 6.07) is 0. The van der Waals surface area contributed by atoms with E-state index in [1.807, 2.05) is 0 Å². The fourth-order valence-electron chi connectivity index (χ4n) is 11.4. The summed E-state index contributed by atoms with van der Waals surface area (Å²) in [5.74, 6) is 3.88. The minimum Gasteiger partial charge on any atom is -0.0599 e. The molecule has 0 heterocycles. The smallest absolute Gasteiger partial charge is 0.0235 e. The Bertz CT molecular complexity index is 701. The Balaban J connectivity index is 1.53. The molecule has 0 heteroatoms. The highest BCUT2D eigenvalue weighted by molar-refractivity contribution is 5.17. The van der Waals surface area contributed by atoms with Crippen molar-refractivity contribution in [3.8, 4) is 0 Å². The maximum atomic E-state index is 2.81. The lowest BCUT2D eigenvalue weighted by atomic mass is 9.31. The number of fused-ring (bicyclic) bond motifs is 7. The van der Waals surface area contributed by atoms with Gasteiger partial charge in [-0.1, -0.05) is 61.8 Å². The predicted molar refractivity (Wildman–Crippen MR) is 129 cm³/mol. The minimum atomic E-state index is 0.560. The molecule has 0 aliphatic heterocycles. The van der Waals surface area contributed by atoms with E-state index in [2.05, 4.69) is 55.4 Å².